The molecule has 0 bridgehead atoms. The van der Waals surface area contributed by atoms with E-state index in [4.69, 9.17) is 16.6 Å². The maximum atomic E-state index is 5.98. The predicted molar refractivity (Wildman–Crippen MR) is 106 cm³/mol. The SMILES string of the molecule is CCNC(=NCC1CCc2nnc(C)n2C1)NC(C)c1ccc(Cl)cc1. The molecule has 0 spiro atoms. The van der Waals surface area contributed by atoms with E-state index in [1.165, 1.54) is 5.56 Å². The smallest absolute Gasteiger partial charge is 0.191 e. The Morgan fingerprint density at radius 1 is 1.35 bits per heavy atom. The van der Waals surface area contributed by atoms with Gasteiger partial charge in [-0.1, -0.05) is 23.7 Å². The summed E-state index contributed by atoms with van der Waals surface area (Å²) in [5, 5.41) is 16.0. The number of halogens is 1. The van der Waals surface area contributed by atoms with Crippen LogP contribution in [-0.2, 0) is 13.0 Å². The average Bonchev–Trinajstić information content (AvgIpc) is 3.01. The summed E-state index contributed by atoms with van der Waals surface area (Å²) in [5.74, 6) is 3.46. The summed E-state index contributed by atoms with van der Waals surface area (Å²) in [6.45, 7) is 8.80. The molecular formula is C19H27ClN6. The molecule has 0 saturated carbocycles. The fourth-order valence-electron chi connectivity index (χ4n) is 3.26. The number of guanidine groups is 1. The van der Waals surface area contributed by atoms with Crippen LogP contribution in [0.25, 0.3) is 0 Å². The lowest BCUT2D eigenvalue weighted by atomic mass is 9.99. The standard InChI is InChI=1S/C19H27ClN6/c1-4-21-19(23-13(2)16-6-8-17(20)9-7-16)22-11-15-5-10-18-25-24-14(3)26(18)12-15/h6-9,13,15H,4-5,10-12H2,1-3H3,(H2,21,22,23). The van der Waals surface area contributed by atoms with Crippen molar-refractivity contribution < 1.29 is 0 Å². The molecule has 2 heterocycles. The molecule has 1 aliphatic heterocycles. The second-order valence-electron chi connectivity index (χ2n) is 6.82. The molecule has 140 valence electrons. The highest BCUT2D eigenvalue weighted by molar-refractivity contribution is 6.30. The van der Waals surface area contributed by atoms with Gasteiger partial charge >= 0.3 is 0 Å². The van der Waals surface area contributed by atoms with Gasteiger partial charge in [-0.3, -0.25) is 4.99 Å². The maximum Gasteiger partial charge on any atom is 0.191 e. The van der Waals surface area contributed by atoms with Crippen LogP contribution in [-0.4, -0.2) is 33.8 Å². The van der Waals surface area contributed by atoms with Crippen LogP contribution in [0.15, 0.2) is 29.3 Å². The van der Waals surface area contributed by atoms with E-state index in [0.29, 0.717) is 5.92 Å². The van der Waals surface area contributed by atoms with Crippen LogP contribution in [0, 0.1) is 12.8 Å². The van der Waals surface area contributed by atoms with Gasteiger partial charge in [0.1, 0.15) is 11.6 Å². The first-order chi connectivity index (χ1) is 12.6. The van der Waals surface area contributed by atoms with Gasteiger partial charge in [0.15, 0.2) is 5.96 Å². The third-order valence-electron chi connectivity index (χ3n) is 4.80. The van der Waals surface area contributed by atoms with E-state index in [2.05, 4.69) is 39.2 Å². The molecule has 0 saturated heterocycles. The maximum absolute atomic E-state index is 5.98. The van der Waals surface area contributed by atoms with Gasteiger partial charge in [-0.05, 0) is 50.8 Å². The highest BCUT2D eigenvalue weighted by atomic mass is 35.5. The number of aromatic nitrogens is 3. The summed E-state index contributed by atoms with van der Waals surface area (Å²) in [6.07, 6.45) is 2.08. The third-order valence-corrected chi connectivity index (χ3v) is 5.06. The molecule has 6 nitrogen and oxygen atoms in total. The number of hydrogen-bond donors (Lipinski definition) is 2. The van der Waals surface area contributed by atoms with Crippen molar-refractivity contribution in [1.82, 2.24) is 25.4 Å². The number of nitrogens with one attached hydrogen (secondary N) is 2. The zero-order valence-electron chi connectivity index (χ0n) is 15.7. The molecule has 0 radical (unpaired) electrons. The molecular weight excluding hydrogens is 348 g/mol. The van der Waals surface area contributed by atoms with Crippen LogP contribution in [0.1, 0.15) is 43.5 Å². The number of benzene rings is 1. The normalized spacial score (nSPS) is 18.3. The van der Waals surface area contributed by atoms with Gasteiger partial charge in [-0.15, -0.1) is 10.2 Å². The molecule has 0 aliphatic carbocycles. The van der Waals surface area contributed by atoms with Crippen molar-refractivity contribution in [2.24, 2.45) is 10.9 Å². The van der Waals surface area contributed by atoms with Gasteiger partial charge in [0.25, 0.3) is 0 Å². The minimum Gasteiger partial charge on any atom is -0.357 e. The van der Waals surface area contributed by atoms with Gasteiger partial charge in [0.05, 0.1) is 6.04 Å². The van der Waals surface area contributed by atoms with E-state index < -0.39 is 0 Å². The Balaban J connectivity index is 1.62. The molecule has 26 heavy (non-hydrogen) atoms. The Kier molecular flexibility index (Phi) is 6.14. The van der Waals surface area contributed by atoms with E-state index in [0.717, 1.165) is 55.1 Å². The monoisotopic (exact) mass is 374 g/mol. The minimum absolute atomic E-state index is 0.156. The highest BCUT2D eigenvalue weighted by Gasteiger charge is 2.21. The number of aryl methyl sites for hydroxylation is 2. The van der Waals surface area contributed by atoms with Crippen LogP contribution in [0.5, 0.6) is 0 Å². The van der Waals surface area contributed by atoms with Gasteiger partial charge < -0.3 is 15.2 Å². The van der Waals surface area contributed by atoms with Crippen molar-refractivity contribution in [3.8, 4) is 0 Å². The molecule has 1 aromatic heterocycles. The highest BCUT2D eigenvalue weighted by Crippen LogP contribution is 2.20. The number of nitrogens with zero attached hydrogens (tertiary/aromatic N) is 4. The van der Waals surface area contributed by atoms with Crippen LogP contribution in [0.3, 0.4) is 0 Å². The Morgan fingerprint density at radius 2 is 2.12 bits per heavy atom. The molecule has 1 aliphatic rings. The second kappa shape index (κ2) is 8.54. The zero-order valence-corrected chi connectivity index (χ0v) is 16.4. The lowest BCUT2D eigenvalue weighted by Gasteiger charge is -2.23. The van der Waals surface area contributed by atoms with E-state index >= 15 is 0 Å². The summed E-state index contributed by atoms with van der Waals surface area (Å²) < 4.78 is 2.22. The summed E-state index contributed by atoms with van der Waals surface area (Å²) in [6, 6.07) is 8.07. The second-order valence-corrected chi connectivity index (χ2v) is 7.25. The molecule has 7 heteroatoms. The van der Waals surface area contributed by atoms with Crippen LogP contribution in [0.2, 0.25) is 5.02 Å². The van der Waals surface area contributed by atoms with Crippen molar-refractivity contribution >= 4 is 17.6 Å². The van der Waals surface area contributed by atoms with Crippen LogP contribution in [0.4, 0.5) is 0 Å². The van der Waals surface area contributed by atoms with E-state index in [-0.39, 0.29) is 6.04 Å². The fourth-order valence-corrected chi connectivity index (χ4v) is 3.39. The fraction of sp³-hybridized carbons (Fsp3) is 0.526. The first-order valence-electron chi connectivity index (χ1n) is 9.25. The van der Waals surface area contributed by atoms with E-state index in [9.17, 15) is 0 Å². The summed E-state index contributed by atoms with van der Waals surface area (Å²) in [4.78, 5) is 4.82. The van der Waals surface area contributed by atoms with Gasteiger partial charge in [0, 0.05) is 31.1 Å². The van der Waals surface area contributed by atoms with Crippen LogP contribution < -0.4 is 10.6 Å². The minimum atomic E-state index is 0.156. The van der Waals surface area contributed by atoms with Gasteiger partial charge in [0.2, 0.25) is 0 Å². The topological polar surface area (TPSA) is 67.1 Å². The Morgan fingerprint density at radius 3 is 2.85 bits per heavy atom. The Hall–Kier alpha value is -2.08. The number of fused-ring (bicyclic) bond motifs is 1. The molecule has 2 N–H and O–H groups in total. The van der Waals surface area contributed by atoms with Crippen molar-refractivity contribution in [1.29, 1.82) is 0 Å². The van der Waals surface area contributed by atoms with Crippen molar-refractivity contribution in [3.63, 3.8) is 0 Å². The molecule has 1 aromatic carbocycles. The number of rotatable bonds is 5. The predicted octanol–water partition coefficient (Wildman–Crippen LogP) is 3.12. The summed E-state index contributed by atoms with van der Waals surface area (Å²) in [5.41, 5.74) is 1.18. The Labute approximate surface area is 160 Å². The first-order valence-corrected chi connectivity index (χ1v) is 9.63. The first kappa shape index (κ1) is 18.7. The molecule has 2 aromatic rings. The van der Waals surface area contributed by atoms with Crippen molar-refractivity contribution in [2.75, 3.05) is 13.1 Å². The van der Waals surface area contributed by atoms with Crippen molar-refractivity contribution in [2.45, 2.75) is 46.2 Å². The quantitative estimate of drug-likeness (QED) is 0.623. The zero-order chi connectivity index (χ0) is 18.5. The molecule has 2 unspecified atom stereocenters. The van der Waals surface area contributed by atoms with Gasteiger partial charge in [-0.2, -0.15) is 0 Å². The van der Waals surface area contributed by atoms with Gasteiger partial charge in [-0.25, -0.2) is 0 Å². The summed E-state index contributed by atoms with van der Waals surface area (Å²) >= 11 is 5.98. The van der Waals surface area contributed by atoms with E-state index in [1.807, 2.05) is 31.2 Å². The lowest BCUT2D eigenvalue weighted by Crippen LogP contribution is -2.39. The molecule has 0 fully saturated rings. The van der Waals surface area contributed by atoms with Crippen molar-refractivity contribution in [3.05, 3.63) is 46.5 Å². The van der Waals surface area contributed by atoms with E-state index in [1.54, 1.807) is 0 Å². The molecule has 3 rings (SSSR count). The largest absolute Gasteiger partial charge is 0.357 e. The van der Waals surface area contributed by atoms with Crippen LogP contribution >= 0.6 is 11.6 Å². The molecule has 2 atom stereocenters. The molecule has 0 amide bonds. The number of hydrogen-bond acceptors (Lipinski definition) is 3. The average molecular weight is 375 g/mol. The Bertz CT molecular complexity index is 752. The number of aliphatic imine (C=N–C) groups is 1. The third kappa shape index (κ3) is 4.55. The lowest BCUT2D eigenvalue weighted by molar-refractivity contribution is 0.369. The summed E-state index contributed by atoms with van der Waals surface area (Å²) in [7, 11) is 0.